The Balaban J connectivity index is 1.56. The van der Waals surface area contributed by atoms with Crippen LogP contribution in [0.1, 0.15) is 5.56 Å². The van der Waals surface area contributed by atoms with Crippen molar-refractivity contribution in [2.75, 3.05) is 27.1 Å². The minimum Gasteiger partial charge on any atom is -0.497 e. The van der Waals surface area contributed by atoms with Gasteiger partial charge >= 0.3 is 0 Å². The normalized spacial score (nSPS) is 10.4. The molecule has 9 nitrogen and oxygen atoms in total. The summed E-state index contributed by atoms with van der Waals surface area (Å²) in [6.45, 7) is 0.378. The van der Waals surface area contributed by atoms with Crippen LogP contribution in [-0.4, -0.2) is 53.2 Å². The Morgan fingerprint density at radius 2 is 1.79 bits per heavy atom. The predicted molar refractivity (Wildman–Crippen MR) is 108 cm³/mol. The molecule has 0 saturated heterocycles. The Bertz CT molecular complexity index is 961. The number of nitrogens with one attached hydrogen (secondary N) is 1. The molecule has 0 bridgehead atoms. The van der Waals surface area contributed by atoms with E-state index in [1.165, 1.54) is 11.8 Å². The summed E-state index contributed by atoms with van der Waals surface area (Å²) in [6.07, 6.45) is 0. The maximum atomic E-state index is 12.2. The van der Waals surface area contributed by atoms with Gasteiger partial charge in [0.1, 0.15) is 5.75 Å². The maximum Gasteiger partial charge on any atom is 0.230 e. The summed E-state index contributed by atoms with van der Waals surface area (Å²) >= 11 is 1.25. The molecular weight excluding hydrogens is 394 g/mol. The number of methoxy groups -OCH3 is 3. The number of ether oxygens (including phenoxy) is 3. The van der Waals surface area contributed by atoms with E-state index in [9.17, 15) is 4.79 Å². The molecule has 10 heteroatoms. The van der Waals surface area contributed by atoms with Crippen molar-refractivity contribution < 1.29 is 19.0 Å². The highest BCUT2D eigenvalue weighted by Crippen LogP contribution is 2.27. The Labute approximate surface area is 172 Å². The fraction of sp³-hybridized carbons (Fsp3) is 0.263. The SMILES string of the molecule is COc1ccc(-n2nnnc2SCC(=O)NCc2ccc(OC)c(OC)c2)cc1. The molecule has 0 spiro atoms. The van der Waals surface area contributed by atoms with Gasteiger partial charge in [-0.2, -0.15) is 4.68 Å². The molecule has 0 unspecified atom stereocenters. The van der Waals surface area contributed by atoms with Gasteiger partial charge in [-0.3, -0.25) is 4.79 Å². The highest BCUT2D eigenvalue weighted by Gasteiger charge is 2.12. The van der Waals surface area contributed by atoms with Crippen LogP contribution in [0.25, 0.3) is 5.69 Å². The van der Waals surface area contributed by atoms with Crippen molar-refractivity contribution in [2.45, 2.75) is 11.7 Å². The molecule has 0 saturated carbocycles. The monoisotopic (exact) mass is 415 g/mol. The Hall–Kier alpha value is -3.27. The van der Waals surface area contributed by atoms with Crippen molar-refractivity contribution in [2.24, 2.45) is 0 Å². The number of aromatic nitrogens is 4. The second kappa shape index (κ2) is 9.78. The number of nitrogens with zero attached hydrogens (tertiary/aromatic N) is 4. The zero-order chi connectivity index (χ0) is 20.6. The lowest BCUT2D eigenvalue weighted by atomic mass is 10.2. The van der Waals surface area contributed by atoms with E-state index in [1.807, 2.05) is 36.4 Å². The predicted octanol–water partition coefficient (Wildman–Crippen LogP) is 2.10. The number of tetrazole rings is 1. The molecule has 0 aliphatic heterocycles. The molecular formula is C19H21N5O4S. The lowest BCUT2D eigenvalue weighted by Gasteiger charge is -2.10. The van der Waals surface area contributed by atoms with E-state index in [1.54, 1.807) is 32.1 Å². The third-order valence-corrected chi connectivity index (χ3v) is 4.95. The maximum absolute atomic E-state index is 12.2. The van der Waals surface area contributed by atoms with Gasteiger partial charge in [-0.1, -0.05) is 17.8 Å². The number of carbonyl (C=O) groups excluding carboxylic acids is 1. The molecule has 0 aliphatic carbocycles. The van der Waals surface area contributed by atoms with E-state index in [0.29, 0.717) is 23.2 Å². The zero-order valence-electron chi connectivity index (χ0n) is 16.3. The van der Waals surface area contributed by atoms with Crippen molar-refractivity contribution in [3.05, 3.63) is 48.0 Å². The van der Waals surface area contributed by atoms with Crippen molar-refractivity contribution in [3.63, 3.8) is 0 Å². The van der Waals surface area contributed by atoms with Crippen LogP contribution in [0.3, 0.4) is 0 Å². The molecule has 1 aromatic heterocycles. The summed E-state index contributed by atoms with van der Waals surface area (Å²) in [5, 5.41) is 15.1. The Morgan fingerprint density at radius 1 is 1.03 bits per heavy atom. The zero-order valence-corrected chi connectivity index (χ0v) is 17.1. The molecule has 3 rings (SSSR count). The first-order chi connectivity index (χ1) is 14.1. The number of amides is 1. The topological polar surface area (TPSA) is 100 Å². The van der Waals surface area contributed by atoms with E-state index in [-0.39, 0.29) is 11.7 Å². The molecule has 2 aromatic carbocycles. The smallest absolute Gasteiger partial charge is 0.230 e. The lowest BCUT2D eigenvalue weighted by Crippen LogP contribution is -2.24. The van der Waals surface area contributed by atoms with Crippen LogP contribution < -0.4 is 19.5 Å². The fourth-order valence-corrected chi connectivity index (χ4v) is 3.25. The fourth-order valence-electron chi connectivity index (χ4n) is 2.53. The van der Waals surface area contributed by atoms with Crippen molar-refractivity contribution >= 4 is 17.7 Å². The average Bonchev–Trinajstić information content (AvgIpc) is 3.24. The van der Waals surface area contributed by atoms with Gasteiger partial charge in [0.25, 0.3) is 0 Å². The number of thioether (sulfide) groups is 1. The van der Waals surface area contributed by atoms with Gasteiger partial charge in [-0.15, -0.1) is 5.10 Å². The van der Waals surface area contributed by atoms with Crippen molar-refractivity contribution in [1.82, 2.24) is 25.5 Å². The minimum atomic E-state index is -0.130. The minimum absolute atomic E-state index is 0.130. The van der Waals surface area contributed by atoms with Crippen LogP contribution in [0.5, 0.6) is 17.2 Å². The number of rotatable bonds is 9. The number of hydrogen-bond acceptors (Lipinski definition) is 8. The van der Waals surface area contributed by atoms with Crippen LogP contribution in [0.2, 0.25) is 0 Å². The van der Waals surface area contributed by atoms with Gasteiger partial charge in [0.15, 0.2) is 11.5 Å². The van der Waals surface area contributed by atoms with Gasteiger partial charge in [0.05, 0.1) is 32.8 Å². The molecule has 0 fully saturated rings. The summed E-state index contributed by atoms with van der Waals surface area (Å²) in [5.41, 5.74) is 1.69. The Kier molecular flexibility index (Phi) is 6.90. The number of hydrogen-bond donors (Lipinski definition) is 1. The highest BCUT2D eigenvalue weighted by molar-refractivity contribution is 7.99. The first kappa shape index (κ1) is 20.5. The summed E-state index contributed by atoms with van der Waals surface area (Å²) < 4.78 is 17.2. The molecule has 152 valence electrons. The van der Waals surface area contributed by atoms with E-state index >= 15 is 0 Å². The number of carbonyl (C=O) groups is 1. The average molecular weight is 415 g/mol. The second-order valence-corrected chi connectivity index (χ2v) is 6.77. The van der Waals surface area contributed by atoms with E-state index < -0.39 is 0 Å². The summed E-state index contributed by atoms with van der Waals surface area (Å²) in [5.74, 6) is 2.06. The van der Waals surface area contributed by atoms with E-state index in [0.717, 1.165) is 17.0 Å². The standard InChI is InChI=1S/C19H21N5O4S/c1-26-15-7-5-14(6-8-15)24-19(21-22-23-24)29-12-18(25)20-11-13-4-9-16(27-2)17(10-13)28-3/h4-10H,11-12H2,1-3H3,(H,20,25). The van der Waals surface area contributed by atoms with Crippen LogP contribution in [-0.2, 0) is 11.3 Å². The third-order valence-electron chi connectivity index (χ3n) is 4.03. The van der Waals surface area contributed by atoms with Crippen LogP contribution in [0.15, 0.2) is 47.6 Å². The summed E-state index contributed by atoms with van der Waals surface area (Å²) in [4.78, 5) is 12.2. The van der Waals surface area contributed by atoms with E-state index in [2.05, 4.69) is 20.8 Å². The molecule has 1 N–H and O–H groups in total. The first-order valence-electron chi connectivity index (χ1n) is 8.67. The van der Waals surface area contributed by atoms with Crippen molar-refractivity contribution in [3.8, 4) is 22.9 Å². The van der Waals surface area contributed by atoms with Crippen LogP contribution in [0, 0.1) is 0 Å². The molecule has 0 radical (unpaired) electrons. The summed E-state index contributed by atoms with van der Waals surface area (Å²) in [7, 11) is 4.76. The molecule has 1 heterocycles. The molecule has 0 aliphatic rings. The van der Waals surface area contributed by atoms with Gasteiger partial charge < -0.3 is 19.5 Å². The largest absolute Gasteiger partial charge is 0.497 e. The third kappa shape index (κ3) is 5.17. The molecule has 0 atom stereocenters. The van der Waals surface area contributed by atoms with Gasteiger partial charge in [0, 0.05) is 6.54 Å². The van der Waals surface area contributed by atoms with Gasteiger partial charge in [-0.05, 0) is 52.4 Å². The van der Waals surface area contributed by atoms with Crippen molar-refractivity contribution in [1.29, 1.82) is 0 Å². The molecule has 1 amide bonds. The lowest BCUT2D eigenvalue weighted by molar-refractivity contribution is -0.118. The van der Waals surface area contributed by atoms with Gasteiger partial charge in [-0.25, -0.2) is 0 Å². The molecule has 29 heavy (non-hydrogen) atoms. The highest BCUT2D eigenvalue weighted by atomic mass is 32.2. The second-order valence-electron chi connectivity index (χ2n) is 5.83. The van der Waals surface area contributed by atoms with Gasteiger partial charge in [0.2, 0.25) is 11.1 Å². The first-order valence-corrected chi connectivity index (χ1v) is 9.66. The quantitative estimate of drug-likeness (QED) is 0.530. The van der Waals surface area contributed by atoms with E-state index in [4.69, 9.17) is 14.2 Å². The Morgan fingerprint density at radius 3 is 2.48 bits per heavy atom. The number of benzene rings is 2. The molecule has 3 aromatic rings. The van der Waals surface area contributed by atoms with Crippen LogP contribution in [0.4, 0.5) is 0 Å². The summed E-state index contributed by atoms with van der Waals surface area (Å²) in [6, 6.07) is 12.8. The van der Waals surface area contributed by atoms with Crippen LogP contribution >= 0.6 is 11.8 Å².